The third-order valence-electron chi connectivity index (χ3n) is 2.30. The van der Waals surface area contributed by atoms with Gasteiger partial charge in [0, 0.05) is 12.2 Å². The highest BCUT2D eigenvalue weighted by Crippen LogP contribution is 2.14. The van der Waals surface area contributed by atoms with Gasteiger partial charge in [-0.15, -0.1) is 0 Å². The fourth-order valence-electron chi connectivity index (χ4n) is 1.34. The summed E-state index contributed by atoms with van der Waals surface area (Å²) in [4.78, 5) is 7.63. The SMILES string of the molecule is CNC(C)c1ccc2[nH]ccc2n1. The van der Waals surface area contributed by atoms with Crippen LogP contribution in [0.2, 0.25) is 0 Å². The monoisotopic (exact) mass is 175 g/mol. The minimum atomic E-state index is 0.305. The van der Waals surface area contributed by atoms with E-state index in [0.29, 0.717) is 6.04 Å². The van der Waals surface area contributed by atoms with E-state index in [1.807, 2.05) is 25.4 Å². The molecule has 0 aliphatic heterocycles. The first-order valence-electron chi connectivity index (χ1n) is 4.42. The standard InChI is InChI=1S/C10H13N3/c1-7(11-2)8-3-4-9-10(13-8)5-6-12-9/h3-7,11-12H,1-2H3. The van der Waals surface area contributed by atoms with Crippen molar-refractivity contribution in [2.24, 2.45) is 0 Å². The topological polar surface area (TPSA) is 40.7 Å². The predicted octanol–water partition coefficient (Wildman–Crippen LogP) is 1.84. The van der Waals surface area contributed by atoms with Crippen LogP contribution in [0.15, 0.2) is 24.4 Å². The number of aromatic nitrogens is 2. The highest BCUT2D eigenvalue weighted by Gasteiger charge is 2.04. The van der Waals surface area contributed by atoms with E-state index in [1.165, 1.54) is 0 Å². The van der Waals surface area contributed by atoms with Crippen molar-refractivity contribution in [1.82, 2.24) is 15.3 Å². The zero-order valence-corrected chi connectivity index (χ0v) is 7.83. The second-order valence-corrected chi connectivity index (χ2v) is 3.16. The van der Waals surface area contributed by atoms with Crippen LogP contribution in [0.3, 0.4) is 0 Å². The lowest BCUT2D eigenvalue weighted by molar-refractivity contribution is 0.635. The first-order valence-corrected chi connectivity index (χ1v) is 4.42. The minimum absolute atomic E-state index is 0.305. The molecule has 1 atom stereocenters. The van der Waals surface area contributed by atoms with Crippen LogP contribution in [0.4, 0.5) is 0 Å². The van der Waals surface area contributed by atoms with Crippen LogP contribution < -0.4 is 5.32 Å². The normalized spacial score (nSPS) is 13.4. The Morgan fingerprint density at radius 2 is 2.23 bits per heavy atom. The zero-order chi connectivity index (χ0) is 9.26. The van der Waals surface area contributed by atoms with E-state index in [9.17, 15) is 0 Å². The molecule has 3 heteroatoms. The molecular weight excluding hydrogens is 162 g/mol. The molecule has 13 heavy (non-hydrogen) atoms. The van der Waals surface area contributed by atoms with Gasteiger partial charge in [0.2, 0.25) is 0 Å². The van der Waals surface area contributed by atoms with E-state index in [2.05, 4.69) is 28.3 Å². The largest absolute Gasteiger partial charge is 0.360 e. The molecule has 0 amide bonds. The summed E-state index contributed by atoms with van der Waals surface area (Å²) in [6.07, 6.45) is 1.91. The van der Waals surface area contributed by atoms with Crippen molar-refractivity contribution in [3.63, 3.8) is 0 Å². The molecule has 68 valence electrons. The van der Waals surface area contributed by atoms with Crippen LogP contribution in [0.25, 0.3) is 11.0 Å². The highest BCUT2D eigenvalue weighted by molar-refractivity contribution is 5.74. The number of H-pyrrole nitrogens is 1. The molecule has 0 aliphatic carbocycles. The van der Waals surface area contributed by atoms with Crippen molar-refractivity contribution >= 4 is 11.0 Å². The Morgan fingerprint density at radius 1 is 1.38 bits per heavy atom. The van der Waals surface area contributed by atoms with Crippen molar-refractivity contribution in [2.75, 3.05) is 7.05 Å². The maximum absolute atomic E-state index is 4.51. The van der Waals surface area contributed by atoms with E-state index in [4.69, 9.17) is 0 Å². The van der Waals surface area contributed by atoms with Crippen LogP contribution in [-0.4, -0.2) is 17.0 Å². The Morgan fingerprint density at radius 3 is 3.00 bits per heavy atom. The van der Waals surface area contributed by atoms with Gasteiger partial charge in [0.05, 0.1) is 16.7 Å². The number of hydrogen-bond acceptors (Lipinski definition) is 2. The van der Waals surface area contributed by atoms with Crippen LogP contribution in [-0.2, 0) is 0 Å². The summed E-state index contributed by atoms with van der Waals surface area (Å²) in [7, 11) is 1.94. The maximum Gasteiger partial charge on any atom is 0.0882 e. The molecule has 0 saturated heterocycles. The van der Waals surface area contributed by atoms with Crippen molar-refractivity contribution in [2.45, 2.75) is 13.0 Å². The van der Waals surface area contributed by atoms with E-state index in [1.54, 1.807) is 0 Å². The van der Waals surface area contributed by atoms with Gasteiger partial charge in [-0.3, -0.25) is 0 Å². The molecule has 0 spiro atoms. The summed E-state index contributed by atoms with van der Waals surface area (Å²) in [5.74, 6) is 0. The molecule has 0 saturated carbocycles. The molecule has 2 aromatic rings. The van der Waals surface area contributed by atoms with Gasteiger partial charge in [-0.25, -0.2) is 4.98 Å². The zero-order valence-electron chi connectivity index (χ0n) is 7.83. The van der Waals surface area contributed by atoms with Crippen molar-refractivity contribution in [3.05, 3.63) is 30.1 Å². The van der Waals surface area contributed by atoms with Gasteiger partial charge in [-0.1, -0.05) is 0 Å². The third kappa shape index (κ3) is 1.42. The van der Waals surface area contributed by atoms with Gasteiger partial charge >= 0.3 is 0 Å². The van der Waals surface area contributed by atoms with Crippen LogP contribution in [0.5, 0.6) is 0 Å². The molecule has 0 aromatic carbocycles. The van der Waals surface area contributed by atoms with E-state index in [0.717, 1.165) is 16.7 Å². The lowest BCUT2D eigenvalue weighted by atomic mass is 10.2. The molecule has 0 radical (unpaired) electrons. The molecule has 0 bridgehead atoms. The molecule has 2 rings (SSSR count). The van der Waals surface area contributed by atoms with E-state index < -0.39 is 0 Å². The van der Waals surface area contributed by atoms with Gasteiger partial charge in [0.15, 0.2) is 0 Å². The second kappa shape index (κ2) is 3.18. The maximum atomic E-state index is 4.51. The number of nitrogens with one attached hydrogen (secondary N) is 2. The Kier molecular flexibility index (Phi) is 2.02. The van der Waals surface area contributed by atoms with Crippen molar-refractivity contribution in [1.29, 1.82) is 0 Å². The Balaban J connectivity index is 2.48. The van der Waals surface area contributed by atoms with Crippen molar-refractivity contribution < 1.29 is 0 Å². The van der Waals surface area contributed by atoms with Gasteiger partial charge in [0.25, 0.3) is 0 Å². The Labute approximate surface area is 77.2 Å². The summed E-state index contributed by atoms with van der Waals surface area (Å²) < 4.78 is 0. The van der Waals surface area contributed by atoms with Crippen LogP contribution in [0, 0.1) is 0 Å². The smallest absolute Gasteiger partial charge is 0.0882 e. The summed E-state index contributed by atoms with van der Waals surface area (Å²) in [6, 6.07) is 6.39. The lowest BCUT2D eigenvalue weighted by Crippen LogP contribution is -2.13. The van der Waals surface area contributed by atoms with Gasteiger partial charge in [-0.05, 0) is 32.2 Å². The van der Waals surface area contributed by atoms with E-state index >= 15 is 0 Å². The summed E-state index contributed by atoms with van der Waals surface area (Å²) in [5.41, 5.74) is 3.20. The molecule has 1 unspecified atom stereocenters. The van der Waals surface area contributed by atoms with Gasteiger partial charge < -0.3 is 10.3 Å². The molecule has 2 N–H and O–H groups in total. The summed E-state index contributed by atoms with van der Waals surface area (Å²) >= 11 is 0. The highest BCUT2D eigenvalue weighted by atomic mass is 14.9. The molecule has 2 aromatic heterocycles. The lowest BCUT2D eigenvalue weighted by Gasteiger charge is -2.08. The summed E-state index contributed by atoms with van der Waals surface area (Å²) in [5, 5.41) is 3.17. The molecule has 0 aliphatic rings. The number of hydrogen-bond donors (Lipinski definition) is 2. The average Bonchev–Trinajstić information content (AvgIpc) is 2.63. The number of pyridine rings is 1. The number of fused-ring (bicyclic) bond motifs is 1. The number of nitrogens with zero attached hydrogens (tertiary/aromatic N) is 1. The fourth-order valence-corrected chi connectivity index (χ4v) is 1.34. The third-order valence-corrected chi connectivity index (χ3v) is 2.30. The molecular formula is C10H13N3. The first-order chi connectivity index (χ1) is 6.31. The molecule has 2 heterocycles. The van der Waals surface area contributed by atoms with Crippen LogP contribution >= 0.6 is 0 Å². The Bertz CT molecular complexity index is 405. The number of aromatic amines is 1. The average molecular weight is 175 g/mol. The quantitative estimate of drug-likeness (QED) is 0.731. The Hall–Kier alpha value is -1.35. The summed E-state index contributed by atoms with van der Waals surface area (Å²) in [6.45, 7) is 2.10. The number of rotatable bonds is 2. The molecule has 0 fully saturated rings. The van der Waals surface area contributed by atoms with Gasteiger partial charge in [-0.2, -0.15) is 0 Å². The second-order valence-electron chi connectivity index (χ2n) is 3.16. The minimum Gasteiger partial charge on any atom is -0.360 e. The van der Waals surface area contributed by atoms with Crippen molar-refractivity contribution in [3.8, 4) is 0 Å². The predicted molar refractivity (Wildman–Crippen MR) is 53.6 cm³/mol. The van der Waals surface area contributed by atoms with E-state index in [-0.39, 0.29) is 0 Å². The van der Waals surface area contributed by atoms with Crippen LogP contribution in [0.1, 0.15) is 18.7 Å². The fraction of sp³-hybridized carbons (Fsp3) is 0.300. The first kappa shape index (κ1) is 8.26. The molecule has 3 nitrogen and oxygen atoms in total. The van der Waals surface area contributed by atoms with Gasteiger partial charge in [0.1, 0.15) is 0 Å².